The van der Waals surface area contributed by atoms with Gasteiger partial charge in [0, 0.05) is 18.3 Å². The Balaban J connectivity index is 2.14. The van der Waals surface area contributed by atoms with Gasteiger partial charge in [-0.05, 0) is 30.5 Å². The van der Waals surface area contributed by atoms with Crippen LogP contribution in [0.1, 0.15) is 23.6 Å². The summed E-state index contributed by atoms with van der Waals surface area (Å²) in [6, 6.07) is 6.02. The van der Waals surface area contributed by atoms with Crippen molar-refractivity contribution < 1.29 is 9.90 Å². The Morgan fingerprint density at radius 3 is 2.88 bits per heavy atom. The van der Waals surface area contributed by atoms with Crippen molar-refractivity contribution in [2.45, 2.75) is 19.4 Å². The lowest BCUT2D eigenvalue weighted by molar-refractivity contribution is -0.141. The summed E-state index contributed by atoms with van der Waals surface area (Å²) in [5.74, 6) is -1.01. The van der Waals surface area contributed by atoms with Crippen molar-refractivity contribution in [1.29, 1.82) is 0 Å². The third kappa shape index (κ3) is 2.02. The Morgan fingerprint density at radius 2 is 2.31 bits per heavy atom. The summed E-state index contributed by atoms with van der Waals surface area (Å²) in [6.45, 7) is 2.50. The molecule has 0 radical (unpaired) electrons. The molecule has 0 spiro atoms. The third-order valence-electron chi connectivity index (χ3n) is 3.19. The van der Waals surface area contributed by atoms with Crippen LogP contribution < -0.4 is 11.1 Å². The van der Waals surface area contributed by atoms with Crippen LogP contribution in [0.4, 0.5) is 5.69 Å². The van der Waals surface area contributed by atoms with Crippen molar-refractivity contribution in [1.82, 2.24) is 5.32 Å². The van der Waals surface area contributed by atoms with E-state index < -0.39 is 5.97 Å². The average molecular weight is 220 g/mol. The molecule has 4 heteroatoms. The van der Waals surface area contributed by atoms with Crippen LogP contribution in [0.2, 0.25) is 0 Å². The quantitative estimate of drug-likeness (QED) is 0.657. The highest BCUT2D eigenvalue weighted by molar-refractivity contribution is 5.70. The molecule has 1 aromatic rings. The summed E-state index contributed by atoms with van der Waals surface area (Å²) in [7, 11) is 0. The van der Waals surface area contributed by atoms with Gasteiger partial charge in [-0.2, -0.15) is 0 Å². The SMILES string of the molecule is Cc1ccc(C2CC(C(=O)O)CN2)cc1N. The summed E-state index contributed by atoms with van der Waals surface area (Å²) in [5.41, 5.74) is 8.73. The molecule has 0 aliphatic carbocycles. The van der Waals surface area contributed by atoms with Crippen LogP contribution in [0.25, 0.3) is 0 Å². The fourth-order valence-corrected chi connectivity index (χ4v) is 2.05. The van der Waals surface area contributed by atoms with E-state index >= 15 is 0 Å². The minimum atomic E-state index is -0.727. The number of benzene rings is 1. The maximum Gasteiger partial charge on any atom is 0.307 e. The first-order chi connectivity index (χ1) is 7.58. The number of nitrogens with two attached hydrogens (primary N) is 1. The van der Waals surface area contributed by atoms with E-state index in [2.05, 4.69) is 5.32 Å². The van der Waals surface area contributed by atoms with E-state index in [1.807, 2.05) is 25.1 Å². The van der Waals surface area contributed by atoms with Crippen molar-refractivity contribution in [2.24, 2.45) is 5.92 Å². The zero-order valence-corrected chi connectivity index (χ0v) is 9.23. The van der Waals surface area contributed by atoms with Crippen LogP contribution in [0, 0.1) is 12.8 Å². The largest absolute Gasteiger partial charge is 0.481 e. The van der Waals surface area contributed by atoms with Gasteiger partial charge in [-0.15, -0.1) is 0 Å². The smallest absolute Gasteiger partial charge is 0.307 e. The molecule has 4 N–H and O–H groups in total. The predicted octanol–water partition coefficient (Wildman–Crippen LogP) is 1.31. The summed E-state index contributed by atoms with van der Waals surface area (Å²) in [6.07, 6.45) is 0.637. The highest BCUT2D eigenvalue weighted by Crippen LogP contribution is 2.29. The molecule has 1 heterocycles. The first kappa shape index (κ1) is 11.0. The fourth-order valence-electron chi connectivity index (χ4n) is 2.05. The molecule has 0 saturated carbocycles. The monoisotopic (exact) mass is 220 g/mol. The number of rotatable bonds is 2. The molecule has 0 amide bonds. The predicted molar refractivity (Wildman–Crippen MR) is 62.1 cm³/mol. The minimum absolute atomic E-state index is 0.115. The molecule has 2 atom stereocenters. The zero-order valence-electron chi connectivity index (χ0n) is 9.23. The maximum absolute atomic E-state index is 10.8. The molecule has 86 valence electrons. The number of hydrogen-bond acceptors (Lipinski definition) is 3. The van der Waals surface area contributed by atoms with Crippen molar-refractivity contribution in [3.05, 3.63) is 29.3 Å². The van der Waals surface area contributed by atoms with Crippen molar-refractivity contribution in [3.8, 4) is 0 Å². The van der Waals surface area contributed by atoms with E-state index in [4.69, 9.17) is 10.8 Å². The molecule has 1 aliphatic heterocycles. The molecule has 1 fully saturated rings. The third-order valence-corrected chi connectivity index (χ3v) is 3.19. The second kappa shape index (κ2) is 4.14. The van der Waals surface area contributed by atoms with Crippen molar-refractivity contribution >= 4 is 11.7 Å². The summed E-state index contributed by atoms with van der Waals surface area (Å²) >= 11 is 0. The van der Waals surface area contributed by atoms with Gasteiger partial charge in [-0.3, -0.25) is 4.79 Å². The highest BCUT2D eigenvalue weighted by Gasteiger charge is 2.30. The molecule has 0 bridgehead atoms. The van der Waals surface area contributed by atoms with E-state index in [9.17, 15) is 4.79 Å². The van der Waals surface area contributed by atoms with Crippen LogP contribution in [-0.2, 0) is 4.79 Å². The van der Waals surface area contributed by atoms with Gasteiger partial charge in [-0.25, -0.2) is 0 Å². The number of carboxylic acid groups (broad SMARTS) is 1. The lowest BCUT2D eigenvalue weighted by atomic mass is 9.99. The fraction of sp³-hybridized carbons (Fsp3) is 0.417. The second-order valence-electron chi connectivity index (χ2n) is 4.35. The number of carbonyl (C=O) groups is 1. The van der Waals surface area contributed by atoms with Gasteiger partial charge < -0.3 is 16.2 Å². The van der Waals surface area contributed by atoms with E-state index in [1.165, 1.54) is 0 Å². The number of aryl methyl sites for hydroxylation is 1. The standard InChI is InChI=1S/C12H16N2O2/c1-7-2-3-8(4-10(7)13)11-5-9(6-14-11)12(15)16/h2-4,9,11,14H,5-6,13H2,1H3,(H,15,16). The topological polar surface area (TPSA) is 75.3 Å². The lowest BCUT2D eigenvalue weighted by Gasteiger charge is -2.12. The average Bonchev–Trinajstić information content (AvgIpc) is 2.71. The van der Waals surface area contributed by atoms with Crippen LogP contribution in [-0.4, -0.2) is 17.6 Å². The van der Waals surface area contributed by atoms with Crippen molar-refractivity contribution in [3.63, 3.8) is 0 Å². The van der Waals surface area contributed by atoms with E-state index in [0.717, 1.165) is 16.8 Å². The number of anilines is 1. The number of nitrogen functional groups attached to an aromatic ring is 1. The first-order valence-electron chi connectivity index (χ1n) is 5.40. The molecule has 1 aromatic carbocycles. The Bertz CT molecular complexity index is 417. The molecule has 1 saturated heterocycles. The zero-order chi connectivity index (χ0) is 11.7. The number of hydrogen-bond donors (Lipinski definition) is 3. The minimum Gasteiger partial charge on any atom is -0.481 e. The van der Waals surface area contributed by atoms with Crippen LogP contribution in [0.15, 0.2) is 18.2 Å². The lowest BCUT2D eigenvalue weighted by Crippen LogP contribution is -2.17. The number of carboxylic acids is 1. The highest BCUT2D eigenvalue weighted by atomic mass is 16.4. The number of aliphatic carboxylic acids is 1. The van der Waals surface area contributed by atoms with Crippen LogP contribution in [0.3, 0.4) is 0 Å². The van der Waals surface area contributed by atoms with Gasteiger partial charge in [0.15, 0.2) is 0 Å². The normalized spacial score (nSPS) is 24.6. The summed E-state index contributed by atoms with van der Waals surface area (Å²) in [4.78, 5) is 10.8. The molecule has 2 rings (SSSR count). The van der Waals surface area contributed by atoms with Gasteiger partial charge in [0.25, 0.3) is 0 Å². The molecular weight excluding hydrogens is 204 g/mol. The first-order valence-corrected chi connectivity index (χ1v) is 5.40. The van der Waals surface area contributed by atoms with E-state index in [1.54, 1.807) is 0 Å². The molecular formula is C12H16N2O2. The van der Waals surface area contributed by atoms with Gasteiger partial charge in [0.05, 0.1) is 5.92 Å². The Labute approximate surface area is 94.5 Å². The van der Waals surface area contributed by atoms with Gasteiger partial charge in [-0.1, -0.05) is 12.1 Å². The van der Waals surface area contributed by atoms with Gasteiger partial charge in [0.2, 0.25) is 0 Å². The van der Waals surface area contributed by atoms with Crippen LogP contribution in [0.5, 0.6) is 0 Å². The molecule has 16 heavy (non-hydrogen) atoms. The second-order valence-corrected chi connectivity index (χ2v) is 4.35. The van der Waals surface area contributed by atoms with Crippen LogP contribution >= 0.6 is 0 Å². The molecule has 2 unspecified atom stereocenters. The Kier molecular flexibility index (Phi) is 2.83. The number of nitrogens with one attached hydrogen (secondary N) is 1. The maximum atomic E-state index is 10.8. The van der Waals surface area contributed by atoms with E-state index in [0.29, 0.717) is 13.0 Å². The van der Waals surface area contributed by atoms with Crippen molar-refractivity contribution in [2.75, 3.05) is 12.3 Å². The summed E-state index contributed by atoms with van der Waals surface area (Å²) < 4.78 is 0. The molecule has 4 nitrogen and oxygen atoms in total. The van der Waals surface area contributed by atoms with Gasteiger partial charge in [0.1, 0.15) is 0 Å². The Hall–Kier alpha value is -1.55. The summed E-state index contributed by atoms with van der Waals surface area (Å²) in [5, 5.41) is 12.1. The molecule has 1 aliphatic rings. The van der Waals surface area contributed by atoms with Gasteiger partial charge >= 0.3 is 5.97 Å². The van der Waals surface area contributed by atoms with E-state index in [-0.39, 0.29) is 12.0 Å². The molecule has 0 aromatic heterocycles. The Morgan fingerprint density at radius 1 is 1.56 bits per heavy atom.